The average molecular weight is 329 g/mol. The quantitative estimate of drug-likeness (QED) is 0.847. The van der Waals surface area contributed by atoms with Crippen LogP contribution in [-0.4, -0.2) is 49.2 Å². The topological polar surface area (TPSA) is 57.7 Å². The number of benzene rings is 1. The smallest absolute Gasteiger partial charge is 0.243 e. The van der Waals surface area contributed by atoms with E-state index in [0.29, 0.717) is 24.2 Å². The van der Waals surface area contributed by atoms with E-state index in [1.54, 1.807) is 11.0 Å². The second kappa shape index (κ2) is 5.26. The molecule has 21 heavy (non-hydrogen) atoms. The Hall–Kier alpha value is -1.11. The van der Waals surface area contributed by atoms with Gasteiger partial charge in [-0.05, 0) is 37.5 Å². The summed E-state index contributed by atoms with van der Waals surface area (Å²) < 4.78 is 26.4. The van der Waals surface area contributed by atoms with Crippen LogP contribution < -0.4 is 0 Å². The van der Waals surface area contributed by atoms with Crippen molar-refractivity contribution >= 4 is 27.5 Å². The third-order valence-corrected chi connectivity index (χ3v) is 6.24. The van der Waals surface area contributed by atoms with Gasteiger partial charge in [0, 0.05) is 24.2 Å². The highest BCUT2D eigenvalue weighted by Crippen LogP contribution is 2.29. The molecule has 1 aromatic rings. The Morgan fingerprint density at radius 3 is 2.52 bits per heavy atom. The Morgan fingerprint density at radius 2 is 1.95 bits per heavy atom. The normalized spacial score (nSPS) is 20.9. The first-order chi connectivity index (χ1) is 9.89. The van der Waals surface area contributed by atoms with Gasteiger partial charge in [-0.3, -0.25) is 4.79 Å². The molecule has 0 atom stereocenters. The molecule has 3 rings (SSSR count). The van der Waals surface area contributed by atoms with Crippen LogP contribution in [0.1, 0.15) is 18.4 Å². The number of hydrogen-bond acceptors (Lipinski definition) is 3. The van der Waals surface area contributed by atoms with Crippen LogP contribution >= 0.6 is 11.6 Å². The van der Waals surface area contributed by atoms with E-state index in [2.05, 4.69) is 0 Å². The minimum atomic E-state index is -3.66. The van der Waals surface area contributed by atoms with Crippen LogP contribution in [0.25, 0.3) is 0 Å². The fourth-order valence-electron chi connectivity index (χ4n) is 2.53. The predicted molar refractivity (Wildman–Crippen MR) is 79.7 cm³/mol. The fraction of sp³-hybridized carbons (Fsp3) is 0.500. The summed E-state index contributed by atoms with van der Waals surface area (Å²) in [5, 5.41) is 0.416. The highest BCUT2D eigenvalue weighted by Gasteiger charge is 2.39. The standard InChI is InChI=1S/C14H17ClN2O3S/c1-10-2-5-12(8-13(10)15)21(19,20)16-6-7-17(11-3-4-11)14(18)9-16/h2,5,8,11H,3-4,6-7,9H2,1H3. The summed E-state index contributed by atoms with van der Waals surface area (Å²) in [6.45, 7) is 2.55. The van der Waals surface area contributed by atoms with Crippen LogP contribution in [0.3, 0.4) is 0 Å². The third-order valence-electron chi connectivity index (χ3n) is 3.99. The van der Waals surface area contributed by atoms with Crippen LogP contribution in [-0.2, 0) is 14.8 Å². The molecule has 7 heteroatoms. The van der Waals surface area contributed by atoms with Gasteiger partial charge in [0.1, 0.15) is 0 Å². The van der Waals surface area contributed by atoms with E-state index in [0.717, 1.165) is 18.4 Å². The number of halogens is 1. The van der Waals surface area contributed by atoms with Gasteiger partial charge in [0.15, 0.2) is 0 Å². The number of sulfonamides is 1. The molecule has 5 nitrogen and oxygen atoms in total. The lowest BCUT2D eigenvalue weighted by molar-refractivity contribution is -0.134. The van der Waals surface area contributed by atoms with E-state index in [9.17, 15) is 13.2 Å². The minimum absolute atomic E-state index is 0.0790. The molecule has 1 saturated heterocycles. The molecule has 0 N–H and O–H groups in total. The van der Waals surface area contributed by atoms with Crippen molar-refractivity contribution in [2.75, 3.05) is 19.6 Å². The van der Waals surface area contributed by atoms with Crippen molar-refractivity contribution < 1.29 is 13.2 Å². The maximum absolute atomic E-state index is 12.6. The molecular formula is C14H17ClN2O3S. The molecule has 2 fully saturated rings. The first-order valence-electron chi connectivity index (χ1n) is 6.95. The van der Waals surface area contributed by atoms with Crippen molar-refractivity contribution in [3.8, 4) is 0 Å². The van der Waals surface area contributed by atoms with Gasteiger partial charge >= 0.3 is 0 Å². The Bertz CT molecular complexity index is 685. The zero-order chi connectivity index (χ0) is 15.2. The molecule has 0 aromatic heterocycles. The molecule has 1 amide bonds. The van der Waals surface area contributed by atoms with Crippen LogP contribution in [0.4, 0.5) is 0 Å². The van der Waals surface area contributed by atoms with Crippen LogP contribution in [0.2, 0.25) is 5.02 Å². The van der Waals surface area contributed by atoms with Gasteiger partial charge in [0.2, 0.25) is 15.9 Å². The zero-order valence-electron chi connectivity index (χ0n) is 11.8. The van der Waals surface area contributed by atoms with Gasteiger partial charge in [0.25, 0.3) is 0 Å². The zero-order valence-corrected chi connectivity index (χ0v) is 13.3. The molecule has 1 saturated carbocycles. The van der Waals surface area contributed by atoms with Gasteiger partial charge in [-0.15, -0.1) is 0 Å². The SMILES string of the molecule is Cc1ccc(S(=O)(=O)N2CCN(C3CC3)C(=O)C2)cc1Cl. The first-order valence-corrected chi connectivity index (χ1v) is 8.77. The monoisotopic (exact) mass is 328 g/mol. The van der Waals surface area contributed by atoms with Crippen molar-refractivity contribution in [3.05, 3.63) is 28.8 Å². The lowest BCUT2D eigenvalue weighted by Crippen LogP contribution is -2.52. The van der Waals surface area contributed by atoms with Crippen molar-refractivity contribution in [1.29, 1.82) is 0 Å². The Balaban J connectivity index is 1.82. The summed E-state index contributed by atoms with van der Waals surface area (Å²) >= 11 is 6.00. The van der Waals surface area contributed by atoms with Crippen molar-refractivity contribution in [2.45, 2.75) is 30.7 Å². The van der Waals surface area contributed by atoms with Crippen molar-refractivity contribution in [3.63, 3.8) is 0 Å². The molecule has 1 aliphatic carbocycles. The lowest BCUT2D eigenvalue weighted by atomic mass is 10.2. The van der Waals surface area contributed by atoms with Gasteiger partial charge < -0.3 is 4.90 Å². The van der Waals surface area contributed by atoms with Crippen LogP contribution in [0.15, 0.2) is 23.1 Å². The molecule has 1 aromatic carbocycles. The van der Waals surface area contributed by atoms with Gasteiger partial charge in [-0.1, -0.05) is 17.7 Å². The molecular weight excluding hydrogens is 312 g/mol. The van der Waals surface area contributed by atoms with Gasteiger partial charge in [0.05, 0.1) is 11.4 Å². The van der Waals surface area contributed by atoms with E-state index < -0.39 is 10.0 Å². The van der Waals surface area contributed by atoms with E-state index in [1.165, 1.54) is 16.4 Å². The maximum Gasteiger partial charge on any atom is 0.243 e. The van der Waals surface area contributed by atoms with Crippen LogP contribution in [0.5, 0.6) is 0 Å². The van der Waals surface area contributed by atoms with E-state index >= 15 is 0 Å². The van der Waals surface area contributed by atoms with Crippen molar-refractivity contribution in [2.24, 2.45) is 0 Å². The second-order valence-corrected chi connectivity index (χ2v) is 7.91. The Morgan fingerprint density at radius 1 is 1.24 bits per heavy atom. The fourth-order valence-corrected chi connectivity index (χ4v) is 4.18. The average Bonchev–Trinajstić information content (AvgIpc) is 3.26. The Kier molecular flexibility index (Phi) is 3.71. The third kappa shape index (κ3) is 2.80. The summed E-state index contributed by atoms with van der Waals surface area (Å²) in [5.74, 6) is -0.106. The molecule has 0 bridgehead atoms. The van der Waals surface area contributed by atoms with Crippen molar-refractivity contribution in [1.82, 2.24) is 9.21 Å². The van der Waals surface area contributed by atoms with E-state index in [-0.39, 0.29) is 17.3 Å². The van der Waals surface area contributed by atoms with E-state index in [4.69, 9.17) is 11.6 Å². The molecule has 2 aliphatic rings. The summed E-state index contributed by atoms with van der Waals surface area (Å²) in [7, 11) is -3.66. The molecule has 114 valence electrons. The molecule has 1 aliphatic heterocycles. The second-order valence-electron chi connectivity index (χ2n) is 5.57. The molecule has 0 unspecified atom stereocenters. The van der Waals surface area contributed by atoms with Gasteiger partial charge in [-0.2, -0.15) is 4.31 Å². The summed E-state index contributed by atoms with van der Waals surface area (Å²) in [6, 6.07) is 4.99. The molecule has 0 spiro atoms. The number of aryl methyl sites for hydroxylation is 1. The van der Waals surface area contributed by atoms with Gasteiger partial charge in [-0.25, -0.2) is 8.42 Å². The number of rotatable bonds is 3. The van der Waals surface area contributed by atoms with E-state index in [1.807, 2.05) is 6.92 Å². The number of nitrogens with zero attached hydrogens (tertiary/aromatic N) is 2. The molecule has 1 heterocycles. The summed E-state index contributed by atoms with van der Waals surface area (Å²) in [6.07, 6.45) is 2.07. The van der Waals surface area contributed by atoms with Crippen LogP contribution in [0, 0.1) is 6.92 Å². The number of amides is 1. The number of piperazine rings is 1. The minimum Gasteiger partial charge on any atom is -0.337 e. The predicted octanol–water partition coefficient (Wildman–Crippen LogP) is 1.64. The lowest BCUT2D eigenvalue weighted by Gasteiger charge is -2.33. The number of carbonyl (C=O) groups excluding carboxylic acids is 1. The summed E-state index contributed by atoms with van der Waals surface area (Å²) in [5.41, 5.74) is 0.824. The molecule has 0 radical (unpaired) electrons. The maximum atomic E-state index is 12.6. The highest BCUT2D eigenvalue weighted by molar-refractivity contribution is 7.89. The largest absolute Gasteiger partial charge is 0.337 e. The highest BCUT2D eigenvalue weighted by atomic mass is 35.5. The first kappa shape index (κ1) is 14.8. The number of hydrogen-bond donors (Lipinski definition) is 0. The number of carbonyl (C=O) groups is 1. The Labute approximate surface area is 129 Å². The summed E-state index contributed by atoms with van der Waals surface area (Å²) in [4.78, 5) is 14.0.